The van der Waals surface area contributed by atoms with Crippen LogP contribution in [0.25, 0.3) is 0 Å². The number of ketones is 1. The lowest BCUT2D eigenvalue weighted by Crippen LogP contribution is -2.29. The van der Waals surface area contributed by atoms with Crippen LogP contribution in [0.1, 0.15) is 0 Å². The standard InChI is InChI=1S/C10H7NO3/c12-5-6-1-3-8(13)10-7(6)2-4-9(14)11-10/h1-5,7,12H/b6-5+. The molecule has 0 aromatic carbocycles. The van der Waals surface area contributed by atoms with Gasteiger partial charge in [-0.3, -0.25) is 9.59 Å². The van der Waals surface area contributed by atoms with Crippen LogP contribution in [-0.2, 0) is 9.59 Å². The van der Waals surface area contributed by atoms with Crippen LogP contribution in [0.15, 0.2) is 41.1 Å². The lowest BCUT2D eigenvalue weighted by molar-refractivity contribution is -0.114. The van der Waals surface area contributed by atoms with Gasteiger partial charge in [-0.05, 0) is 11.6 Å². The van der Waals surface area contributed by atoms with E-state index in [0.717, 1.165) is 6.26 Å². The van der Waals surface area contributed by atoms with Crippen molar-refractivity contribution in [3.05, 3.63) is 36.1 Å². The summed E-state index contributed by atoms with van der Waals surface area (Å²) in [6.07, 6.45) is 6.59. The molecule has 14 heavy (non-hydrogen) atoms. The van der Waals surface area contributed by atoms with Crippen molar-refractivity contribution < 1.29 is 14.7 Å². The van der Waals surface area contributed by atoms with Crippen molar-refractivity contribution in [2.75, 3.05) is 0 Å². The lowest BCUT2D eigenvalue weighted by Gasteiger charge is -2.20. The van der Waals surface area contributed by atoms with Crippen LogP contribution in [0.4, 0.5) is 0 Å². The summed E-state index contributed by atoms with van der Waals surface area (Å²) in [7, 11) is 0. The summed E-state index contributed by atoms with van der Waals surface area (Å²) in [5, 5.41) is 8.88. The van der Waals surface area contributed by atoms with E-state index in [4.69, 9.17) is 5.11 Å². The Kier molecular flexibility index (Phi) is 1.89. The van der Waals surface area contributed by atoms with E-state index in [9.17, 15) is 9.59 Å². The molecule has 1 aliphatic carbocycles. The van der Waals surface area contributed by atoms with E-state index >= 15 is 0 Å². The van der Waals surface area contributed by atoms with E-state index in [1.54, 1.807) is 6.08 Å². The van der Waals surface area contributed by atoms with E-state index < -0.39 is 5.91 Å². The first-order valence-corrected chi connectivity index (χ1v) is 4.10. The molecule has 0 bridgehead atoms. The van der Waals surface area contributed by atoms with Gasteiger partial charge < -0.3 is 5.11 Å². The number of amides is 1. The third-order valence-electron chi connectivity index (χ3n) is 2.14. The maximum absolute atomic E-state index is 11.3. The molecule has 0 fully saturated rings. The number of nitrogens with zero attached hydrogens (tertiary/aromatic N) is 1. The third-order valence-corrected chi connectivity index (χ3v) is 2.14. The smallest absolute Gasteiger partial charge is 0.269 e. The van der Waals surface area contributed by atoms with Crippen molar-refractivity contribution in [2.45, 2.75) is 0 Å². The third kappa shape index (κ3) is 1.21. The van der Waals surface area contributed by atoms with E-state index in [1.165, 1.54) is 18.2 Å². The molecule has 1 aliphatic heterocycles. The van der Waals surface area contributed by atoms with Crippen molar-refractivity contribution in [3.8, 4) is 0 Å². The van der Waals surface area contributed by atoms with Crippen molar-refractivity contribution in [2.24, 2.45) is 10.9 Å². The SMILES string of the molecule is O=C1C=CC2C(=N1)C(=O)C=C/C2=C\O. The minimum atomic E-state index is -0.433. The van der Waals surface area contributed by atoms with Gasteiger partial charge in [-0.25, -0.2) is 4.99 Å². The molecule has 0 radical (unpaired) electrons. The highest BCUT2D eigenvalue weighted by molar-refractivity contribution is 6.48. The number of hydrogen-bond donors (Lipinski definition) is 1. The molecule has 0 saturated heterocycles. The van der Waals surface area contributed by atoms with Crippen molar-refractivity contribution >= 4 is 17.4 Å². The Morgan fingerprint density at radius 1 is 1.29 bits per heavy atom. The summed E-state index contributed by atoms with van der Waals surface area (Å²) in [6.45, 7) is 0. The van der Waals surface area contributed by atoms with Crippen molar-refractivity contribution in [1.82, 2.24) is 0 Å². The van der Waals surface area contributed by atoms with Crippen molar-refractivity contribution in [1.29, 1.82) is 0 Å². The molecule has 0 aromatic heterocycles. The Hall–Kier alpha value is -1.97. The summed E-state index contributed by atoms with van der Waals surface area (Å²) >= 11 is 0. The van der Waals surface area contributed by atoms with Gasteiger partial charge in [-0.2, -0.15) is 0 Å². The lowest BCUT2D eigenvalue weighted by atomic mass is 9.85. The van der Waals surface area contributed by atoms with Crippen LogP contribution >= 0.6 is 0 Å². The Morgan fingerprint density at radius 2 is 2.07 bits per heavy atom. The van der Waals surface area contributed by atoms with Gasteiger partial charge in [-0.1, -0.05) is 12.2 Å². The van der Waals surface area contributed by atoms with E-state index in [0.29, 0.717) is 5.57 Å². The molecule has 1 unspecified atom stereocenters. The van der Waals surface area contributed by atoms with E-state index in [2.05, 4.69) is 4.99 Å². The highest BCUT2D eigenvalue weighted by Crippen LogP contribution is 2.23. The Bertz CT molecular complexity index is 427. The molecule has 2 aliphatic rings. The average molecular weight is 189 g/mol. The van der Waals surface area contributed by atoms with Gasteiger partial charge in [0.2, 0.25) is 5.78 Å². The summed E-state index contributed by atoms with van der Waals surface area (Å²) in [4.78, 5) is 25.9. The maximum atomic E-state index is 11.3. The monoisotopic (exact) mass is 189 g/mol. The molecule has 70 valence electrons. The van der Waals surface area contributed by atoms with Gasteiger partial charge in [0.05, 0.1) is 12.2 Å². The maximum Gasteiger partial charge on any atom is 0.269 e. The van der Waals surface area contributed by atoms with E-state index in [-0.39, 0.29) is 17.4 Å². The number of hydrogen-bond acceptors (Lipinski definition) is 3. The Balaban J connectivity index is 2.52. The highest BCUT2D eigenvalue weighted by Gasteiger charge is 2.28. The zero-order valence-electron chi connectivity index (χ0n) is 7.18. The predicted octanol–water partition coefficient (Wildman–Crippen LogP) is 0.721. The fraction of sp³-hybridized carbons (Fsp3) is 0.100. The molecule has 4 nitrogen and oxygen atoms in total. The van der Waals surface area contributed by atoms with Crippen LogP contribution in [0.3, 0.4) is 0 Å². The molecule has 0 aromatic rings. The van der Waals surface area contributed by atoms with Gasteiger partial charge in [0.1, 0.15) is 5.71 Å². The molecule has 0 saturated carbocycles. The number of aliphatic hydroxyl groups is 1. The minimum Gasteiger partial charge on any atom is -0.515 e. The zero-order valence-corrected chi connectivity index (χ0v) is 7.18. The molecular weight excluding hydrogens is 182 g/mol. The molecular formula is C10H7NO3. The number of rotatable bonds is 0. The predicted molar refractivity (Wildman–Crippen MR) is 49.9 cm³/mol. The van der Waals surface area contributed by atoms with E-state index in [1.807, 2.05) is 0 Å². The number of dihydropyridines is 1. The van der Waals surface area contributed by atoms with Gasteiger partial charge in [0, 0.05) is 6.08 Å². The summed E-state index contributed by atoms with van der Waals surface area (Å²) in [5.74, 6) is -1.09. The fourth-order valence-electron chi connectivity index (χ4n) is 1.46. The second-order valence-corrected chi connectivity index (χ2v) is 3.00. The Labute approximate surface area is 80.0 Å². The molecule has 0 spiro atoms. The number of aliphatic hydroxyl groups excluding tert-OH is 1. The molecule has 1 atom stereocenters. The minimum absolute atomic E-state index is 0.181. The van der Waals surface area contributed by atoms with Crippen LogP contribution in [-0.4, -0.2) is 22.5 Å². The van der Waals surface area contributed by atoms with Gasteiger partial charge >= 0.3 is 0 Å². The second kappa shape index (κ2) is 3.06. The first-order chi connectivity index (χ1) is 6.72. The average Bonchev–Trinajstić information content (AvgIpc) is 2.19. The zero-order chi connectivity index (χ0) is 10.1. The highest BCUT2D eigenvalue weighted by atomic mass is 16.2. The quantitative estimate of drug-likeness (QED) is 0.571. The molecule has 4 heteroatoms. The second-order valence-electron chi connectivity index (χ2n) is 3.00. The number of carbonyl (C=O) groups is 2. The van der Waals surface area contributed by atoms with Gasteiger partial charge in [-0.15, -0.1) is 0 Å². The molecule has 1 amide bonds. The topological polar surface area (TPSA) is 66.7 Å². The summed E-state index contributed by atoms with van der Waals surface area (Å²) < 4.78 is 0. The molecule has 1 N–H and O–H groups in total. The molecule has 1 heterocycles. The van der Waals surface area contributed by atoms with Crippen LogP contribution in [0, 0.1) is 5.92 Å². The number of allylic oxidation sites excluding steroid dienone is 4. The Morgan fingerprint density at radius 3 is 2.79 bits per heavy atom. The first-order valence-electron chi connectivity index (χ1n) is 4.10. The summed E-state index contributed by atoms with van der Waals surface area (Å²) in [5.41, 5.74) is 0.743. The first kappa shape index (κ1) is 8.62. The molecule has 2 rings (SSSR count). The van der Waals surface area contributed by atoms with Gasteiger partial charge in [0.15, 0.2) is 0 Å². The number of fused-ring (bicyclic) bond motifs is 1. The fourth-order valence-corrected chi connectivity index (χ4v) is 1.46. The normalized spacial score (nSPS) is 27.9. The summed E-state index contributed by atoms with van der Waals surface area (Å²) in [6, 6.07) is 0. The van der Waals surface area contributed by atoms with Crippen LogP contribution in [0.2, 0.25) is 0 Å². The number of carbonyl (C=O) groups excluding carboxylic acids is 2. The van der Waals surface area contributed by atoms with Crippen LogP contribution in [0.5, 0.6) is 0 Å². The number of aliphatic imine (C=N–C) groups is 1. The van der Waals surface area contributed by atoms with Crippen LogP contribution < -0.4 is 0 Å². The van der Waals surface area contributed by atoms with Crippen molar-refractivity contribution in [3.63, 3.8) is 0 Å². The van der Waals surface area contributed by atoms with Gasteiger partial charge in [0.25, 0.3) is 5.91 Å². The largest absolute Gasteiger partial charge is 0.515 e.